The molecule has 0 fully saturated rings. The molecule has 2 aromatic rings. The number of hydrogen-bond donors (Lipinski definition) is 1. The summed E-state index contributed by atoms with van der Waals surface area (Å²) in [5.41, 5.74) is 9.44. The van der Waals surface area contributed by atoms with E-state index in [1.807, 2.05) is 31.6 Å². The number of nitrogens with zero attached hydrogens (tertiary/aromatic N) is 4. The van der Waals surface area contributed by atoms with Gasteiger partial charge >= 0.3 is 0 Å². The van der Waals surface area contributed by atoms with Crippen LogP contribution in [-0.2, 0) is 13.0 Å². The summed E-state index contributed by atoms with van der Waals surface area (Å²) in [6, 6.07) is 1.97. The fourth-order valence-corrected chi connectivity index (χ4v) is 2.12. The Bertz CT molecular complexity index is 532. The Morgan fingerprint density at radius 1 is 1.33 bits per heavy atom. The first-order valence-electron chi connectivity index (χ1n) is 6.17. The van der Waals surface area contributed by atoms with Gasteiger partial charge in [0.05, 0.1) is 11.7 Å². The normalized spacial score (nSPS) is 12.7. The van der Waals surface area contributed by atoms with Crippen LogP contribution in [0.25, 0.3) is 0 Å². The molecule has 0 aliphatic heterocycles. The van der Waals surface area contributed by atoms with Crippen LogP contribution in [0, 0.1) is 13.8 Å². The van der Waals surface area contributed by atoms with E-state index < -0.39 is 0 Å². The van der Waals surface area contributed by atoms with Crippen LogP contribution in [0.3, 0.4) is 0 Å². The summed E-state index contributed by atoms with van der Waals surface area (Å²) >= 11 is 0. The smallest absolute Gasteiger partial charge is 0.138 e. The van der Waals surface area contributed by atoms with Crippen molar-refractivity contribution in [2.24, 2.45) is 5.73 Å². The second-order valence-corrected chi connectivity index (χ2v) is 4.52. The molecule has 18 heavy (non-hydrogen) atoms. The number of aromatic nitrogens is 4. The van der Waals surface area contributed by atoms with Crippen molar-refractivity contribution in [2.75, 3.05) is 0 Å². The van der Waals surface area contributed by atoms with Gasteiger partial charge in [-0.25, -0.2) is 4.98 Å². The molecule has 0 bridgehead atoms. The van der Waals surface area contributed by atoms with Crippen molar-refractivity contribution >= 4 is 0 Å². The lowest BCUT2D eigenvalue weighted by atomic mass is 10.0. The molecular formula is C13H19N5. The van der Waals surface area contributed by atoms with Crippen molar-refractivity contribution < 1.29 is 0 Å². The van der Waals surface area contributed by atoms with E-state index >= 15 is 0 Å². The zero-order valence-electron chi connectivity index (χ0n) is 11.1. The zero-order valence-corrected chi connectivity index (χ0v) is 11.1. The highest BCUT2D eigenvalue weighted by Crippen LogP contribution is 2.17. The highest BCUT2D eigenvalue weighted by molar-refractivity contribution is 5.25. The van der Waals surface area contributed by atoms with Crippen LogP contribution in [0.2, 0.25) is 0 Å². The molecule has 2 rings (SSSR count). The fourth-order valence-electron chi connectivity index (χ4n) is 2.12. The van der Waals surface area contributed by atoms with Gasteiger partial charge in [0.15, 0.2) is 0 Å². The van der Waals surface area contributed by atoms with Crippen molar-refractivity contribution in [3.8, 4) is 0 Å². The molecule has 0 saturated heterocycles. The van der Waals surface area contributed by atoms with Crippen molar-refractivity contribution in [1.29, 1.82) is 0 Å². The minimum Gasteiger partial charge on any atom is -0.322 e. The van der Waals surface area contributed by atoms with Gasteiger partial charge in [-0.3, -0.25) is 9.67 Å². The minimum absolute atomic E-state index is 0.139. The van der Waals surface area contributed by atoms with Crippen molar-refractivity contribution in [1.82, 2.24) is 19.7 Å². The molecule has 2 aromatic heterocycles. The number of aryl methyl sites for hydroxylation is 3. The van der Waals surface area contributed by atoms with Gasteiger partial charge in [0, 0.05) is 19.2 Å². The molecule has 2 N–H and O–H groups in total. The molecular weight excluding hydrogens is 226 g/mol. The molecule has 0 radical (unpaired) electrons. The Morgan fingerprint density at radius 2 is 2.11 bits per heavy atom. The summed E-state index contributed by atoms with van der Waals surface area (Å²) < 4.78 is 1.86. The van der Waals surface area contributed by atoms with Crippen molar-refractivity contribution in [3.63, 3.8) is 0 Å². The molecule has 0 aliphatic carbocycles. The molecule has 0 saturated carbocycles. The minimum atomic E-state index is -0.139. The molecule has 5 nitrogen and oxygen atoms in total. The molecule has 2 heterocycles. The summed E-state index contributed by atoms with van der Waals surface area (Å²) in [6.45, 7) is 6.92. The van der Waals surface area contributed by atoms with Crippen LogP contribution >= 0.6 is 0 Å². The van der Waals surface area contributed by atoms with Crippen LogP contribution in [0.1, 0.15) is 35.6 Å². The highest BCUT2D eigenvalue weighted by atomic mass is 15.3. The third-order valence-corrected chi connectivity index (χ3v) is 3.00. The topological polar surface area (TPSA) is 69.6 Å². The van der Waals surface area contributed by atoms with E-state index in [0.29, 0.717) is 6.42 Å². The first-order valence-corrected chi connectivity index (χ1v) is 6.17. The van der Waals surface area contributed by atoms with E-state index in [0.717, 1.165) is 29.2 Å². The van der Waals surface area contributed by atoms with E-state index in [9.17, 15) is 0 Å². The Kier molecular flexibility index (Phi) is 3.72. The van der Waals surface area contributed by atoms with Crippen molar-refractivity contribution in [3.05, 3.63) is 41.2 Å². The average molecular weight is 245 g/mol. The predicted molar refractivity (Wildman–Crippen MR) is 70.0 cm³/mol. The van der Waals surface area contributed by atoms with E-state index in [2.05, 4.69) is 21.1 Å². The second kappa shape index (κ2) is 5.27. The van der Waals surface area contributed by atoms with Crippen molar-refractivity contribution in [2.45, 2.75) is 39.8 Å². The maximum atomic E-state index is 6.22. The zero-order chi connectivity index (χ0) is 13.1. The Labute approximate surface area is 107 Å². The van der Waals surface area contributed by atoms with Crippen LogP contribution in [-0.4, -0.2) is 19.7 Å². The Morgan fingerprint density at radius 3 is 2.78 bits per heavy atom. The lowest BCUT2D eigenvalue weighted by Crippen LogP contribution is -2.19. The van der Waals surface area contributed by atoms with Gasteiger partial charge < -0.3 is 5.73 Å². The highest BCUT2D eigenvalue weighted by Gasteiger charge is 2.14. The maximum Gasteiger partial charge on any atom is 0.138 e. The summed E-state index contributed by atoms with van der Waals surface area (Å²) in [6.07, 6.45) is 4.08. The van der Waals surface area contributed by atoms with Crippen LogP contribution in [0.15, 0.2) is 18.6 Å². The monoisotopic (exact) mass is 245 g/mol. The summed E-state index contributed by atoms with van der Waals surface area (Å²) in [5.74, 6) is 0.909. The second-order valence-electron chi connectivity index (χ2n) is 4.52. The average Bonchev–Trinajstić information content (AvgIpc) is 2.76. The molecule has 0 aromatic carbocycles. The van der Waals surface area contributed by atoms with Gasteiger partial charge in [0.2, 0.25) is 0 Å². The van der Waals surface area contributed by atoms with Gasteiger partial charge in [-0.1, -0.05) is 6.07 Å². The van der Waals surface area contributed by atoms with Gasteiger partial charge in [-0.05, 0) is 31.9 Å². The van der Waals surface area contributed by atoms with Gasteiger partial charge in [0.1, 0.15) is 12.2 Å². The Balaban J connectivity index is 2.19. The van der Waals surface area contributed by atoms with E-state index in [-0.39, 0.29) is 6.04 Å². The molecule has 0 aliphatic rings. The molecule has 1 atom stereocenters. The summed E-state index contributed by atoms with van der Waals surface area (Å²) in [7, 11) is 0. The number of nitrogens with two attached hydrogens (primary N) is 1. The lowest BCUT2D eigenvalue weighted by molar-refractivity contribution is 0.574. The number of pyridine rings is 1. The maximum absolute atomic E-state index is 6.22. The third kappa shape index (κ3) is 2.56. The summed E-state index contributed by atoms with van der Waals surface area (Å²) in [5, 5.41) is 4.15. The van der Waals surface area contributed by atoms with Crippen LogP contribution in [0.5, 0.6) is 0 Å². The van der Waals surface area contributed by atoms with Gasteiger partial charge in [-0.15, -0.1) is 0 Å². The largest absolute Gasteiger partial charge is 0.322 e. The molecule has 0 amide bonds. The fraction of sp³-hybridized carbons (Fsp3) is 0.462. The number of hydrogen-bond acceptors (Lipinski definition) is 4. The summed E-state index contributed by atoms with van der Waals surface area (Å²) in [4.78, 5) is 8.68. The lowest BCUT2D eigenvalue weighted by Gasteiger charge is -2.14. The molecule has 5 heteroatoms. The SMILES string of the molecule is CCn1ncnc1CC(N)c1ncc(C)cc1C. The predicted octanol–water partition coefficient (Wildman–Crippen LogP) is 1.55. The van der Waals surface area contributed by atoms with Gasteiger partial charge in [-0.2, -0.15) is 5.10 Å². The Hall–Kier alpha value is -1.75. The first kappa shape index (κ1) is 12.7. The number of rotatable bonds is 4. The van der Waals surface area contributed by atoms with E-state index in [4.69, 9.17) is 5.73 Å². The molecule has 0 spiro atoms. The van der Waals surface area contributed by atoms with Crippen LogP contribution in [0.4, 0.5) is 0 Å². The third-order valence-electron chi connectivity index (χ3n) is 3.00. The first-order chi connectivity index (χ1) is 8.61. The standard InChI is InChI=1S/C13H19N5/c1-4-18-12(16-8-17-18)6-11(14)13-10(3)5-9(2)7-15-13/h5,7-8,11H,4,6,14H2,1-3H3. The van der Waals surface area contributed by atoms with E-state index in [1.165, 1.54) is 0 Å². The molecule has 1 unspecified atom stereocenters. The molecule has 96 valence electrons. The van der Waals surface area contributed by atoms with E-state index in [1.54, 1.807) is 6.33 Å². The van der Waals surface area contributed by atoms with Crippen LogP contribution < -0.4 is 5.73 Å². The quantitative estimate of drug-likeness (QED) is 0.887. The van der Waals surface area contributed by atoms with Gasteiger partial charge in [0.25, 0.3) is 0 Å².